The number of carbonyl (C=O) groups is 1. The van der Waals surface area contributed by atoms with E-state index >= 15 is 0 Å². The van der Waals surface area contributed by atoms with Gasteiger partial charge < -0.3 is 14.7 Å². The Morgan fingerprint density at radius 1 is 1.19 bits per heavy atom. The Morgan fingerprint density at radius 2 is 1.87 bits per heavy atom. The van der Waals surface area contributed by atoms with E-state index in [2.05, 4.69) is 16.7 Å². The van der Waals surface area contributed by atoms with Crippen molar-refractivity contribution in [3.63, 3.8) is 0 Å². The van der Waals surface area contributed by atoms with Crippen molar-refractivity contribution in [2.45, 2.75) is 64.3 Å². The van der Waals surface area contributed by atoms with Crippen molar-refractivity contribution >= 4 is 16.0 Å². The van der Waals surface area contributed by atoms with Crippen LogP contribution in [0.5, 0.6) is 5.75 Å². The third kappa shape index (κ3) is 10.0. The van der Waals surface area contributed by atoms with E-state index in [1.807, 2.05) is 19.1 Å². The molecule has 1 aromatic rings. The molecule has 0 radical (unpaired) electrons. The number of hydrogen-bond acceptors (Lipinski definition) is 5. The first-order valence-electron chi connectivity index (χ1n) is 11.4. The Kier molecular flexibility index (Phi) is 10.8. The number of nitrogens with one attached hydrogen (secondary N) is 1. The highest BCUT2D eigenvalue weighted by Gasteiger charge is 2.24. The summed E-state index contributed by atoms with van der Waals surface area (Å²) in [7, 11) is -1.42. The van der Waals surface area contributed by atoms with Crippen LogP contribution in [0.15, 0.2) is 24.3 Å². The van der Waals surface area contributed by atoms with Crippen molar-refractivity contribution in [1.82, 2.24) is 9.62 Å². The van der Waals surface area contributed by atoms with Gasteiger partial charge in [0.25, 0.3) is 0 Å². The average Bonchev–Trinajstić information content (AvgIpc) is 2.74. The van der Waals surface area contributed by atoms with E-state index < -0.39 is 22.0 Å². The summed E-state index contributed by atoms with van der Waals surface area (Å²) in [6, 6.07) is 6.05. The fraction of sp³-hybridized carbons (Fsp3) is 0.696. The van der Waals surface area contributed by atoms with Gasteiger partial charge in [-0.1, -0.05) is 31.9 Å². The number of rotatable bonds is 14. The first-order chi connectivity index (χ1) is 14.8. The van der Waals surface area contributed by atoms with E-state index in [1.165, 1.54) is 38.8 Å². The second kappa shape index (κ2) is 13.0. The van der Waals surface area contributed by atoms with Gasteiger partial charge in [0.1, 0.15) is 11.8 Å². The highest BCUT2D eigenvalue weighted by atomic mass is 32.2. The predicted octanol–water partition coefficient (Wildman–Crippen LogP) is 3.29. The number of nitrogens with zero attached hydrogens (tertiary/aromatic N) is 1. The lowest BCUT2D eigenvalue weighted by Gasteiger charge is -2.28. The Bertz CT molecular complexity index is 759. The molecule has 1 saturated heterocycles. The van der Waals surface area contributed by atoms with Crippen LogP contribution < -0.4 is 9.46 Å². The van der Waals surface area contributed by atoms with E-state index in [0.29, 0.717) is 13.0 Å². The number of carboxylic acid groups (broad SMARTS) is 1. The number of aliphatic carboxylic acids is 1. The van der Waals surface area contributed by atoms with Gasteiger partial charge in [0.05, 0.1) is 12.4 Å². The van der Waals surface area contributed by atoms with Crippen LogP contribution in [-0.2, 0) is 21.2 Å². The van der Waals surface area contributed by atoms with Gasteiger partial charge in [-0.2, -0.15) is 0 Å². The summed E-state index contributed by atoms with van der Waals surface area (Å²) in [4.78, 5) is 13.9. The van der Waals surface area contributed by atoms with E-state index in [4.69, 9.17) is 4.74 Å². The molecule has 31 heavy (non-hydrogen) atoms. The topological polar surface area (TPSA) is 95.9 Å². The maximum atomic E-state index is 12.0. The molecule has 1 aromatic carbocycles. The second-order valence-corrected chi connectivity index (χ2v) is 10.5. The molecule has 2 rings (SSSR count). The molecule has 1 aliphatic heterocycles. The van der Waals surface area contributed by atoms with Crippen LogP contribution in [0.25, 0.3) is 0 Å². The van der Waals surface area contributed by atoms with Crippen LogP contribution in [0.3, 0.4) is 0 Å². The zero-order valence-corrected chi connectivity index (χ0v) is 19.7. The van der Waals surface area contributed by atoms with Crippen LogP contribution in [0, 0.1) is 5.92 Å². The predicted molar refractivity (Wildman–Crippen MR) is 123 cm³/mol. The van der Waals surface area contributed by atoms with Gasteiger partial charge in [0.2, 0.25) is 10.0 Å². The van der Waals surface area contributed by atoms with Crippen LogP contribution in [0.4, 0.5) is 0 Å². The number of piperidine rings is 1. The molecule has 176 valence electrons. The number of carboxylic acids is 1. The molecular formula is C23H38N2O5S. The van der Waals surface area contributed by atoms with Gasteiger partial charge in [0.15, 0.2) is 0 Å². The summed E-state index contributed by atoms with van der Waals surface area (Å²) >= 11 is 0. The van der Waals surface area contributed by atoms with Crippen molar-refractivity contribution in [2.24, 2.45) is 5.92 Å². The number of ether oxygens (including phenoxy) is 1. The molecular weight excluding hydrogens is 416 g/mol. The molecule has 0 aromatic heterocycles. The lowest BCUT2D eigenvalue weighted by Crippen LogP contribution is -2.43. The molecule has 8 heteroatoms. The number of likely N-dealkylation sites (tertiary alicyclic amines) is 1. The number of hydrogen-bond donors (Lipinski definition) is 2. The van der Waals surface area contributed by atoms with Crippen LogP contribution in [0.2, 0.25) is 0 Å². The SMILES string of the molecule is CCCCS(=O)(=O)NC(Cc1ccc(OCCCCC2CCN(C)CC2)cc1)C(=O)O. The first-order valence-corrected chi connectivity index (χ1v) is 13.1. The number of unbranched alkanes of at least 4 members (excludes halogenated alkanes) is 2. The minimum Gasteiger partial charge on any atom is -0.494 e. The van der Waals surface area contributed by atoms with Crippen molar-refractivity contribution < 1.29 is 23.1 Å². The first kappa shape index (κ1) is 25.6. The molecule has 2 N–H and O–H groups in total. The van der Waals surface area contributed by atoms with E-state index in [-0.39, 0.29) is 12.2 Å². The van der Waals surface area contributed by atoms with Crippen LogP contribution in [-0.4, -0.2) is 62.9 Å². The average molecular weight is 455 g/mol. The number of benzene rings is 1. The molecule has 7 nitrogen and oxygen atoms in total. The zero-order chi connectivity index (χ0) is 22.7. The van der Waals surface area contributed by atoms with Crippen molar-refractivity contribution in [3.8, 4) is 5.75 Å². The summed E-state index contributed by atoms with van der Waals surface area (Å²) in [5, 5.41) is 9.40. The maximum absolute atomic E-state index is 12.0. The normalized spacial score (nSPS) is 16.8. The monoisotopic (exact) mass is 454 g/mol. The molecule has 0 aliphatic carbocycles. The summed E-state index contributed by atoms with van der Waals surface area (Å²) in [6.07, 6.45) is 7.39. The highest BCUT2D eigenvalue weighted by molar-refractivity contribution is 7.89. The Balaban J connectivity index is 1.72. The fourth-order valence-corrected chi connectivity index (χ4v) is 5.23. The van der Waals surface area contributed by atoms with E-state index in [1.54, 1.807) is 12.1 Å². The Labute approximate surface area is 187 Å². The van der Waals surface area contributed by atoms with Gasteiger partial charge >= 0.3 is 5.97 Å². The van der Waals surface area contributed by atoms with Crippen molar-refractivity contribution in [2.75, 3.05) is 32.5 Å². The Hall–Kier alpha value is -1.64. The van der Waals surface area contributed by atoms with Gasteiger partial charge in [-0.15, -0.1) is 0 Å². The Morgan fingerprint density at radius 3 is 2.48 bits per heavy atom. The molecule has 1 heterocycles. The molecule has 1 fully saturated rings. The van der Waals surface area contributed by atoms with Crippen molar-refractivity contribution in [1.29, 1.82) is 0 Å². The minimum absolute atomic E-state index is 0.0577. The summed E-state index contributed by atoms with van der Waals surface area (Å²) < 4.78 is 32.2. The summed E-state index contributed by atoms with van der Waals surface area (Å²) in [5.74, 6) is 0.359. The summed E-state index contributed by atoms with van der Waals surface area (Å²) in [6.45, 7) is 4.97. The second-order valence-electron chi connectivity index (χ2n) is 8.62. The zero-order valence-electron chi connectivity index (χ0n) is 18.9. The van der Waals surface area contributed by atoms with Crippen LogP contribution in [0.1, 0.15) is 57.4 Å². The third-order valence-electron chi connectivity index (χ3n) is 5.86. The van der Waals surface area contributed by atoms with Gasteiger partial charge in [-0.05, 0) is 82.3 Å². The fourth-order valence-electron chi connectivity index (χ4n) is 3.82. The molecule has 0 spiro atoms. The van der Waals surface area contributed by atoms with Gasteiger partial charge in [0, 0.05) is 0 Å². The van der Waals surface area contributed by atoms with Crippen molar-refractivity contribution in [3.05, 3.63) is 29.8 Å². The lowest BCUT2D eigenvalue weighted by molar-refractivity contribution is -0.138. The molecule has 0 amide bonds. The largest absolute Gasteiger partial charge is 0.494 e. The number of sulfonamides is 1. The molecule has 1 aliphatic rings. The van der Waals surface area contributed by atoms with Gasteiger partial charge in [-0.3, -0.25) is 4.79 Å². The smallest absolute Gasteiger partial charge is 0.322 e. The quantitative estimate of drug-likeness (QED) is 0.419. The van der Waals surface area contributed by atoms with E-state index in [0.717, 1.165) is 30.1 Å². The highest BCUT2D eigenvalue weighted by Crippen LogP contribution is 2.22. The van der Waals surface area contributed by atoms with Gasteiger partial charge in [-0.25, -0.2) is 13.1 Å². The standard InChI is InChI=1S/C23H38N2O5S/c1-3-4-17-31(28,29)24-22(23(26)27)18-20-8-10-21(11-9-20)30-16-6-5-7-19-12-14-25(2)15-13-19/h8-11,19,22,24H,3-7,12-18H2,1-2H3,(H,26,27). The lowest BCUT2D eigenvalue weighted by atomic mass is 9.92. The summed E-state index contributed by atoms with van der Waals surface area (Å²) in [5.41, 5.74) is 0.750. The third-order valence-corrected chi connectivity index (χ3v) is 7.33. The minimum atomic E-state index is -3.60. The molecule has 1 unspecified atom stereocenters. The van der Waals surface area contributed by atoms with E-state index in [9.17, 15) is 18.3 Å². The molecule has 0 bridgehead atoms. The van der Waals surface area contributed by atoms with Crippen LogP contribution >= 0.6 is 0 Å². The maximum Gasteiger partial charge on any atom is 0.322 e. The molecule has 1 atom stereocenters. The molecule has 0 saturated carbocycles.